The molecule has 0 radical (unpaired) electrons. The van der Waals surface area contributed by atoms with E-state index in [0.717, 1.165) is 71.6 Å². The topological polar surface area (TPSA) is 61.9 Å². The van der Waals surface area contributed by atoms with Crippen molar-refractivity contribution in [1.82, 2.24) is 15.1 Å². The molecule has 0 aromatic rings. The summed E-state index contributed by atoms with van der Waals surface area (Å²) in [7, 11) is 1.77. The molecule has 1 spiro atoms. The summed E-state index contributed by atoms with van der Waals surface area (Å²) in [4.78, 5) is 28.3. The molecule has 3 heterocycles. The Balaban J connectivity index is 1.55. The van der Waals surface area contributed by atoms with Crippen LogP contribution in [0.2, 0.25) is 0 Å². The predicted molar refractivity (Wildman–Crippen MR) is 96.1 cm³/mol. The minimum atomic E-state index is 0.152. The minimum absolute atomic E-state index is 0.152. The van der Waals surface area contributed by atoms with E-state index in [0.29, 0.717) is 24.2 Å². The van der Waals surface area contributed by atoms with Crippen LogP contribution >= 0.6 is 0 Å². The largest absolute Gasteiger partial charge is 0.384 e. The highest BCUT2D eigenvalue weighted by Gasteiger charge is 2.48. The van der Waals surface area contributed by atoms with Crippen molar-refractivity contribution in [3.8, 4) is 0 Å². The SMILES string of the molecule is COCC1CN(C(=O)CC2CCN(C(C)=O)CC2)CC12CCNCC2. The van der Waals surface area contributed by atoms with Crippen LogP contribution in [-0.2, 0) is 14.3 Å². The monoisotopic (exact) mass is 351 g/mol. The van der Waals surface area contributed by atoms with Crippen LogP contribution in [-0.4, -0.2) is 74.6 Å². The van der Waals surface area contributed by atoms with Gasteiger partial charge in [-0.1, -0.05) is 0 Å². The van der Waals surface area contributed by atoms with Gasteiger partial charge in [-0.3, -0.25) is 9.59 Å². The van der Waals surface area contributed by atoms with Crippen LogP contribution in [0.25, 0.3) is 0 Å². The van der Waals surface area contributed by atoms with Gasteiger partial charge >= 0.3 is 0 Å². The molecule has 25 heavy (non-hydrogen) atoms. The smallest absolute Gasteiger partial charge is 0.222 e. The Morgan fingerprint density at radius 2 is 1.84 bits per heavy atom. The summed E-state index contributed by atoms with van der Waals surface area (Å²) in [5, 5.41) is 3.45. The van der Waals surface area contributed by atoms with Gasteiger partial charge in [0.2, 0.25) is 11.8 Å². The van der Waals surface area contributed by atoms with Crippen molar-refractivity contribution in [3.05, 3.63) is 0 Å². The molecule has 0 saturated carbocycles. The normalized spacial score (nSPS) is 27.0. The van der Waals surface area contributed by atoms with Gasteiger partial charge < -0.3 is 19.9 Å². The summed E-state index contributed by atoms with van der Waals surface area (Å²) in [6.45, 7) is 7.82. The van der Waals surface area contributed by atoms with Crippen molar-refractivity contribution >= 4 is 11.8 Å². The number of piperidine rings is 2. The summed E-state index contributed by atoms with van der Waals surface area (Å²) < 4.78 is 5.47. The van der Waals surface area contributed by atoms with Crippen LogP contribution in [0.5, 0.6) is 0 Å². The molecule has 142 valence electrons. The zero-order valence-corrected chi connectivity index (χ0v) is 15.8. The number of carbonyl (C=O) groups excluding carboxylic acids is 2. The number of nitrogens with zero attached hydrogens (tertiary/aromatic N) is 2. The number of rotatable bonds is 4. The number of likely N-dealkylation sites (tertiary alicyclic amines) is 2. The summed E-state index contributed by atoms with van der Waals surface area (Å²) in [6, 6.07) is 0. The zero-order valence-electron chi connectivity index (χ0n) is 15.8. The van der Waals surface area contributed by atoms with Gasteiger partial charge in [0.25, 0.3) is 0 Å². The molecule has 1 N–H and O–H groups in total. The average molecular weight is 351 g/mol. The van der Waals surface area contributed by atoms with Crippen molar-refractivity contribution in [2.24, 2.45) is 17.3 Å². The van der Waals surface area contributed by atoms with Gasteiger partial charge in [0.05, 0.1) is 6.61 Å². The molecule has 3 aliphatic rings. The Bertz CT molecular complexity index is 482. The summed E-state index contributed by atoms with van der Waals surface area (Å²) in [5.74, 6) is 1.34. The van der Waals surface area contributed by atoms with Crippen molar-refractivity contribution in [1.29, 1.82) is 0 Å². The molecular weight excluding hydrogens is 318 g/mol. The van der Waals surface area contributed by atoms with Crippen molar-refractivity contribution in [2.75, 3.05) is 53.0 Å². The Labute approximate surface area is 151 Å². The summed E-state index contributed by atoms with van der Waals surface area (Å²) in [5.41, 5.74) is 0.245. The molecular formula is C19H33N3O3. The van der Waals surface area contributed by atoms with E-state index in [1.165, 1.54) is 0 Å². The van der Waals surface area contributed by atoms with E-state index in [9.17, 15) is 9.59 Å². The summed E-state index contributed by atoms with van der Waals surface area (Å²) >= 11 is 0. The van der Waals surface area contributed by atoms with Crippen LogP contribution < -0.4 is 5.32 Å². The Morgan fingerprint density at radius 3 is 2.44 bits per heavy atom. The maximum Gasteiger partial charge on any atom is 0.222 e. The maximum atomic E-state index is 12.9. The van der Waals surface area contributed by atoms with Crippen LogP contribution in [0.15, 0.2) is 0 Å². The number of ether oxygens (including phenoxy) is 1. The number of carbonyl (C=O) groups is 2. The third-order valence-corrected chi connectivity index (χ3v) is 6.66. The van der Waals surface area contributed by atoms with Crippen molar-refractivity contribution in [3.63, 3.8) is 0 Å². The van der Waals surface area contributed by atoms with Crippen LogP contribution in [0, 0.1) is 17.3 Å². The molecule has 2 amide bonds. The molecule has 3 rings (SSSR count). The fourth-order valence-corrected chi connectivity index (χ4v) is 4.97. The Kier molecular flexibility index (Phi) is 6.00. The van der Waals surface area contributed by atoms with Crippen LogP contribution in [0.3, 0.4) is 0 Å². The predicted octanol–water partition coefficient (Wildman–Crippen LogP) is 1.11. The van der Waals surface area contributed by atoms with Gasteiger partial charge in [-0.25, -0.2) is 0 Å². The molecule has 0 bridgehead atoms. The van der Waals surface area contributed by atoms with E-state index in [4.69, 9.17) is 4.74 Å². The van der Waals surface area contributed by atoms with Gasteiger partial charge in [-0.15, -0.1) is 0 Å². The molecule has 6 heteroatoms. The standard InChI is InChI=1S/C19H33N3O3/c1-15(23)21-9-3-16(4-10-21)11-18(24)22-12-17(13-25-2)19(14-22)5-7-20-8-6-19/h16-17,20H,3-14H2,1-2H3. The first-order chi connectivity index (χ1) is 12.0. The number of methoxy groups -OCH3 is 1. The summed E-state index contributed by atoms with van der Waals surface area (Å²) in [6.07, 6.45) is 4.83. The number of nitrogens with one attached hydrogen (secondary N) is 1. The second-order valence-electron chi connectivity index (χ2n) is 8.19. The first-order valence-electron chi connectivity index (χ1n) is 9.77. The zero-order chi connectivity index (χ0) is 17.9. The first-order valence-corrected chi connectivity index (χ1v) is 9.77. The highest BCUT2D eigenvalue weighted by Crippen LogP contribution is 2.43. The van der Waals surface area contributed by atoms with Crippen LogP contribution in [0.4, 0.5) is 0 Å². The molecule has 6 nitrogen and oxygen atoms in total. The third kappa shape index (κ3) is 4.17. The van der Waals surface area contributed by atoms with E-state index in [1.807, 2.05) is 4.90 Å². The van der Waals surface area contributed by atoms with Crippen molar-refractivity contribution < 1.29 is 14.3 Å². The highest BCUT2D eigenvalue weighted by atomic mass is 16.5. The lowest BCUT2D eigenvalue weighted by Gasteiger charge is -2.38. The third-order valence-electron chi connectivity index (χ3n) is 6.66. The lowest BCUT2D eigenvalue weighted by atomic mass is 9.71. The van der Waals surface area contributed by atoms with Gasteiger partial charge in [-0.05, 0) is 50.1 Å². The molecule has 0 aliphatic carbocycles. The quantitative estimate of drug-likeness (QED) is 0.824. The first kappa shape index (κ1) is 18.6. The van der Waals surface area contributed by atoms with Crippen molar-refractivity contribution in [2.45, 2.75) is 39.0 Å². The van der Waals surface area contributed by atoms with E-state index in [2.05, 4.69) is 10.2 Å². The molecule has 3 fully saturated rings. The van der Waals surface area contributed by atoms with Crippen LogP contribution in [0.1, 0.15) is 39.0 Å². The number of hydrogen-bond donors (Lipinski definition) is 1. The molecule has 1 atom stereocenters. The molecule has 1 unspecified atom stereocenters. The molecule has 3 saturated heterocycles. The van der Waals surface area contributed by atoms with Gasteiger partial charge in [-0.2, -0.15) is 0 Å². The van der Waals surface area contributed by atoms with E-state index in [-0.39, 0.29) is 11.3 Å². The lowest BCUT2D eigenvalue weighted by molar-refractivity contribution is -0.133. The molecule has 3 aliphatic heterocycles. The second kappa shape index (κ2) is 8.04. The van der Waals surface area contributed by atoms with Gasteiger partial charge in [0.1, 0.15) is 0 Å². The Morgan fingerprint density at radius 1 is 1.16 bits per heavy atom. The molecule has 0 aromatic carbocycles. The fraction of sp³-hybridized carbons (Fsp3) is 0.895. The average Bonchev–Trinajstić information content (AvgIpc) is 2.94. The van der Waals surface area contributed by atoms with Gasteiger partial charge in [0.15, 0.2) is 0 Å². The van der Waals surface area contributed by atoms with E-state index < -0.39 is 0 Å². The number of amides is 2. The van der Waals surface area contributed by atoms with E-state index in [1.54, 1.807) is 14.0 Å². The van der Waals surface area contributed by atoms with Gasteiger partial charge in [0, 0.05) is 52.6 Å². The van der Waals surface area contributed by atoms with E-state index >= 15 is 0 Å². The minimum Gasteiger partial charge on any atom is -0.384 e. The highest BCUT2D eigenvalue weighted by molar-refractivity contribution is 5.77. The Hall–Kier alpha value is -1.14. The number of hydrogen-bond acceptors (Lipinski definition) is 4. The second-order valence-corrected chi connectivity index (χ2v) is 8.19. The fourth-order valence-electron chi connectivity index (χ4n) is 4.97. The molecule has 0 aromatic heterocycles. The maximum absolute atomic E-state index is 12.9. The lowest BCUT2D eigenvalue weighted by Crippen LogP contribution is -2.43.